The minimum atomic E-state index is -0.557. The molecule has 0 saturated heterocycles. The first kappa shape index (κ1) is 18.3. The summed E-state index contributed by atoms with van der Waals surface area (Å²) in [4.78, 5) is 16.6. The number of rotatable bonds is 5. The summed E-state index contributed by atoms with van der Waals surface area (Å²) in [6.07, 6.45) is 3.61. The maximum atomic E-state index is 13.3. The molecule has 7 heteroatoms. The van der Waals surface area contributed by atoms with Gasteiger partial charge in [-0.2, -0.15) is 10.4 Å². The SMILES string of the molecule is N#CCCn1cc(/C=C2/N=C(c3ccccc3)OC2=O)c(-c2ccc(F)cc2)n1. The Labute approximate surface area is 166 Å². The number of halogens is 1. The molecule has 0 radical (unpaired) electrons. The quantitative estimate of drug-likeness (QED) is 0.491. The molecular weight excluding hydrogens is 371 g/mol. The van der Waals surface area contributed by atoms with Crippen LogP contribution in [0.5, 0.6) is 0 Å². The second-order valence-electron chi connectivity index (χ2n) is 6.31. The Morgan fingerprint density at radius 1 is 1.10 bits per heavy atom. The molecule has 0 N–H and O–H groups in total. The molecule has 1 aromatic heterocycles. The van der Waals surface area contributed by atoms with E-state index in [0.717, 1.165) is 0 Å². The maximum Gasteiger partial charge on any atom is 0.363 e. The highest BCUT2D eigenvalue weighted by molar-refractivity contribution is 6.13. The van der Waals surface area contributed by atoms with Gasteiger partial charge in [0.05, 0.1) is 24.7 Å². The van der Waals surface area contributed by atoms with E-state index in [-0.39, 0.29) is 17.4 Å². The van der Waals surface area contributed by atoms with E-state index in [1.807, 2.05) is 18.2 Å². The van der Waals surface area contributed by atoms with Crippen LogP contribution in [0.25, 0.3) is 17.3 Å². The Hall–Kier alpha value is -4.05. The van der Waals surface area contributed by atoms with Crippen LogP contribution in [0.3, 0.4) is 0 Å². The first-order chi connectivity index (χ1) is 14.1. The third-order valence-corrected chi connectivity index (χ3v) is 4.29. The van der Waals surface area contributed by atoms with Crippen molar-refractivity contribution in [1.29, 1.82) is 5.26 Å². The van der Waals surface area contributed by atoms with Gasteiger partial charge in [-0.3, -0.25) is 4.68 Å². The lowest BCUT2D eigenvalue weighted by Gasteiger charge is -1.99. The standard InChI is InChI=1S/C22H15FN4O2/c23-18-9-7-15(8-10-18)20-17(14-27(26-20)12-4-11-24)13-19-22(28)29-21(25-19)16-5-2-1-3-6-16/h1-3,5-10,13-14H,4,12H2/b19-13+. The van der Waals surface area contributed by atoms with Crippen LogP contribution in [-0.4, -0.2) is 21.6 Å². The molecule has 0 bridgehead atoms. The summed E-state index contributed by atoms with van der Waals surface area (Å²) in [6.45, 7) is 0.400. The fraction of sp³-hybridized carbons (Fsp3) is 0.0909. The minimum absolute atomic E-state index is 0.145. The Balaban J connectivity index is 1.74. The monoisotopic (exact) mass is 386 g/mol. The number of carbonyl (C=O) groups is 1. The second-order valence-corrected chi connectivity index (χ2v) is 6.31. The van der Waals surface area contributed by atoms with Crippen LogP contribution in [0.1, 0.15) is 17.5 Å². The average molecular weight is 386 g/mol. The highest BCUT2D eigenvalue weighted by Gasteiger charge is 2.25. The summed E-state index contributed by atoms with van der Waals surface area (Å²) in [5, 5.41) is 13.3. The molecule has 2 aromatic carbocycles. The number of hydrogen-bond donors (Lipinski definition) is 0. The topological polar surface area (TPSA) is 80.3 Å². The zero-order chi connectivity index (χ0) is 20.2. The van der Waals surface area contributed by atoms with E-state index in [2.05, 4.69) is 16.2 Å². The van der Waals surface area contributed by atoms with Crippen LogP contribution in [0.2, 0.25) is 0 Å². The Morgan fingerprint density at radius 3 is 2.59 bits per heavy atom. The fourth-order valence-electron chi connectivity index (χ4n) is 2.91. The number of nitrogens with zero attached hydrogens (tertiary/aromatic N) is 4. The molecule has 1 aliphatic rings. The minimum Gasteiger partial charge on any atom is -0.402 e. The predicted octanol–water partition coefficient (Wildman–Crippen LogP) is 3.95. The Morgan fingerprint density at radius 2 is 1.86 bits per heavy atom. The summed E-state index contributed by atoms with van der Waals surface area (Å²) >= 11 is 0. The molecule has 142 valence electrons. The van der Waals surface area contributed by atoms with Gasteiger partial charge in [-0.05, 0) is 42.5 Å². The molecule has 0 aliphatic carbocycles. The van der Waals surface area contributed by atoms with Crippen LogP contribution in [0, 0.1) is 17.1 Å². The molecule has 3 aromatic rings. The van der Waals surface area contributed by atoms with E-state index in [1.54, 1.807) is 41.2 Å². The fourth-order valence-corrected chi connectivity index (χ4v) is 2.91. The van der Waals surface area contributed by atoms with Gasteiger partial charge < -0.3 is 4.74 Å². The van der Waals surface area contributed by atoms with E-state index in [9.17, 15) is 9.18 Å². The van der Waals surface area contributed by atoms with E-state index >= 15 is 0 Å². The van der Waals surface area contributed by atoms with Gasteiger partial charge in [0.15, 0.2) is 5.70 Å². The maximum absolute atomic E-state index is 13.3. The summed E-state index contributed by atoms with van der Waals surface area (Å²) in [6, 6.07) is 17.1. The zero-order valence-corrected chi connectivity index (χ0v) is 15.2. The number of carbonyl (C=O) groups excluding carboxylic acids is 1. The Bertz CT molecular complexity index is 1160. The molecule has 6 nitrogen and oxygen atoms in total. The predicted molar refractivity (Wildman–Crippen MR) is 105 cm³/mol. The van der Waals surface area contributed by atoms with Gasteiger partial charge >= 0.3 is 5.97 Å². The number of hydrogen-bond acceptors (Lipinski definition) is 5. The van der Waals surface area contributed by atoms with Crippen molar-refractivity contribution in [3.8, 4) is 17.3 Å². The van der Waals surface area contributed by atoms with Crippen LogP contribution < -0.4 is 0 Å². The number of aliphatic imine (C=N–C) groups is 1. The van der Waals surface area contributed by atoms with E-state index < -0.39 is 5.97 Å². The molecule has 0 spiro atoms. The molecule has 0 unspecified atom stereocenters. The van der Waals surface area contributed by atoms with Gasteiger partial charge in [-0.15, -0.1) is 0 Å². The molecule has 0 atom stereocenters. The van der Waals surface area contributed by atoms with Crippen LogP contribution in [0.15, 0.2) is 71.5 Å². The van der Waals surface area contributed by atoms with Crippen LogP contribution in [-0.2, 0) is 16.1 Å². The lowest BCUT2D eigenvalue weighted by atomic mass is 10.1. The molecular formula is C22H15FN4O2. The lowest BCUT2D eigenvalue weighted by molar-refractivity contribution is -0.129. The summed E-state index contributed by atoms with van der Waals surface area (Å²) < 4.78 is 20.2. The van der Waals surface area contributed by atoms with Crippen molar-refractivity contribution >= 4 is 17.9 Å². The molecule has 0 saturated carbocycles. The normalized spacial score (nSPS) is 14.6. The van der Waals surface area contributed by atoms with Crippen molar-refractivity contribution in [2.45, 2.75) is 13.0 Å². The molecule has 0 amide bonds. The van der Waals surface area contributed by atoms with E-state index in [1.165, 1.54) is 12.1 Å². The molecule has 4 rings (SSSR count). The highest BCUT2D eigenvalue weighted by Crippen LogP contribution is 2.27. The Kier molecular flexibility index (Phi) is 4.99. The van der Waals surface area contributed by atoms with Gasteiger partial charge in [0.1, 0.15) is 5.82 Å². The third-order valence-electron chi connectivity index (χ3n) is 4.29. The molecule has 2 heterocycles. The lowest BCUT2D eigenvalue weighted by Crippen LogP contribution is -2.04. The smallest absolute Gasteiger partial charge is 0.363 e. The number of nitriles is 1. The molecule has 0 fully saturated rings. The highest BCUT2D eigenvalue weighted by atomic mass is 19.1. The van der Waals surface area contributed by atoms with Gasteiger partial charge in [0, 0.05) is 22.9 Å². The summed E-state index contributed by atoms with van der Waals surface area (Å²) in [7, 11) is 0. The van der Waals surface area contributed by atoms with E-state index in [0.29, 0.717) is 35.3 Å². The van der Waals surface area contributed by atoms with Crippen molar-refractivity contribution in [3.05, 3.63) is 83.4 Å². The summed E-state index contributed by atoms with van der Waals surface area (Å²) in [5.41, 5.74) is 2.72. The van der Waals surface area contributed by atoms with Crippen molar-refractivity contribution in [2.24, 2.45) is 4.99 Å². The number of esters is 1. The number of aromatic nitrogens is 2. The number of ether oxygens (including phenoxy) is 1. The third kappa shape index (κ3) is 3.96. The average Bonchev–Trinajstić information content (AvgIpc) is 3.31. The second kappa shape index (κ2) is 7.90. The van der Waals surface area contributed by atoms with Gasteiger partial charge in [-0.1, -0.05) is 18.2 Å². The van der Waals surface area contributed by atoms with Gasteiger partial charge in [0.25, 0.3) is 0 Å². The summed E-state index contributed by atoms with van der Waals surface area (Å²) in [5.74, 6) is -0.672. The van der Waals surface area contributed by atoms with Crippen molar-refractivity contribution in [2.75, 3.05) is 0 Å². The molecule has 29 heavy (non-hydrogen) atoms. The van der Waals surface area contributed by atoms with Crippen molar-refractivity contribution in [3.63, 3.8) is 0 Å². The first-order valence-corrected chi connectivity index (χ1v) is 8.92. The molecule has 1 aliphatic heterocycles. The largest absolute Gasteiger partial charge is 0.402 e. The van der Waals surface area contributed by atoms with Gasteiger partial charge in [0.2, 0.25) is 5.90 Å². The van der Waals surface area contributed by atoms with Crippen LogP contribution >= 0.6 is 0 Å². The zero-order valence-electron chi connectivity index (χ0n) is 15.2. The number of benzene rings is 2. The van der Waals surface area contributed by atoms with Crippen LogP contribution in [0.4, 0.5) is 4.39 Å². The number of cyclic esters (lactones) is 1. The van der Waals surface area contributed by atoms with Gasteiger partial charge in [-0.25, -0.2) is 14.2 Å². The number of aryl methyl sites for hydroxylation is 1. The van der Waals surface area contributed by atoms with E-state index in [4.69, 9.17) is 10.00 Å². The first-order valence-electron chi connectivity index (χ1n) is 8.92. The van der Waals surface area contributed by atoms with Crippen molar-refractivity contribution in [1.82, 2.24) is 9.78 Å². The van der Waals surface area contributed by atoms with Crippen molar-refractivity contribution < 1.29 is 13.9 Å².